The van der Waals surface area contributed by atoms with Gasteiger partial charge < -0.3 is 9.84 Å². The normalized spacial score (nSPS) is 15.2. The Morgan fingerprint density at radius 3 is 1.79 bits per heavy atom. The van der Waals surface area contributed by atoms with Crippen LogP contribution in [-0.4, -0.2) is 47.3 Å². The van der Waals surface area contributed by atoms with Crippen LogP contribution in [0.1, 0.15) is 46.0 Å². The minimum Gasteiger partial charge on any atom is -0.468 e. The van der Waals surface area contributed by atoms with Gasteiger partial charge in [-0.25, -0.2) is 0 Å². The monoisotopic (exact) mass is 425 g/mol. The van der Waals surface area contributed by atoms with E-state index in [2.05, 4.69) is 44.7 Å². The van der Waals surface area contributed by atoms with Crippen molar-refractivity contribution in [3.8, 4) is 0 Å². The van der Waals surface area contributed by atoms with Crippen LogP contribution in [0.5, 0.6) is 0 Å². The van der Waals surface area contributed by atoms with Crippen molar-refractivity contribution in [3.63, 3.8) is 0 Å². The van der Waals surface area contributed by atoms with Gasteiger partial charge in [-0.3, -0.25) is 9.69 Å². The molecule has 29 heavy (non-hydrogen) atoms. The van der Waals surface area contributed by atoms with Crippen molar-refractivity contribution >= 4 is 18.4 Å². The standard InChI is InChI=1S/C24H39NO3.ClH/c1-9-15-22(7,27)23(16-10-2,17-11-3)24(18-12-4,21(26)28-8)25(19-13-5)20-14-6;/h9-13,27H,1-5,14-20H2,6-8H3;1H/t22?,24-;/m1./s1. The molecule has 0 aliphatic rings. The van der Waals surface area contributed by atoms with Gasteiger partial charge in [0.25, 0.3) is 0 Å². The molecule has 0 aliphatic heterocycles. The molecule has 0 aromatic carbocycles. The van der Waals surface area contributed by atoms with Crippen LogP contribution in [0.15, 0.2) is 63.3 Å². The molecule has 4 nitrogen and oxygen atoms in total. The number of ether oxygens (including phenoxy) is 1. The first-order valence-corrected chi connectivity index (χ1v) is 9.85. The first-order valence-electron chi connectivity index (χ1n) is 9.85. The number of nitrogens with zero attached hydrogens (tertiary/aromatic N) is 1. The number of hydrogen-bond donors (Lipinski definition) is 1. The lowest BCUT2D eigenvalue weighted by Gasteiger charge is -2.59. The highest BCUT2D eigenvalue weighted by Crippen LogP contribution is 2.54. The van der Waals surface area contributed by atoms with Crippen LogP contribution in [0.2, 0.25) is 0 Å². The fourth-order valence-electron chi connectivity index (χ4n) is 4.55. The van der Waals surface area contributed by atoms with E-state index in [4.69, 9.17) is 4.74 Å². The summed E-state index contributed by atoms with van der Waals surface area (Å²) in [5.41, 5.74) is -3.42. The van der Waals surface area contributed by atoms with E-state index >= 15 is 0 Å². The van der Waals surface area contributed by atoms with Gasteiger partial charge in [0.15, 0.2) is 0 Å². The van der Waals surface area contributed by atoms with E-state index in [0.717, 1.165) is 6.42 Å². The van der Waals surface area contributed by atoms with Gasteiger partial charge in [-0.15, -0.1) is 45.3 Å². The third-order valence-corrected chi connectivity index (χ3v) is 5.70. The summed E-state index contributed by atoms with van der Waals surface area (Å²) >= 11 is 0. The Labute approximate surface area is 184 Å². The van der Waals surface area contributed by atoms with Crippen molar-refractivity contribution in [2.75, 3.05) is 20.2 Å². The molecule has 1 unspecified atom stereocenters. The molecule has 0 amide bonds. The van der Waals surface area contributed by atoms with Gasteiger partial charge >= 0.3 is 5.97 Å². The molecule has 0 heterocycles. The molecule has 0 saturated carbocycles. The van der Waals surface area contributed by atoms with Crippen LogP contribution >= 0.6 is 12.4 Å². The number of carbonyl (C=O) groups excluding carboxylic acids is 1. The van der Waals surface area contributed by atoms with Crippen LogP contribution in [0.4, 0.5) is 0 Å². The molecular weight excluding hydrogens is 386 g/mol. The molecule has 0 spiro atoms. The quantitative estimate of drug-likeness (QED) is 0.270. The lowest BCUT2D eigenvalue weighted by Crippen LogP contribution is -2.71. The van der Waals surface area contributed by atoms with Crippen molar-refractivity contribution in [3.05, 3.63) is 63.3 Å². The van der Waals surface area contributed by atoms with E-state index in [1.165, 1.54) is 7.11 Å². The van der Waals surface area contributed by atoms with E-state index in [-0.39, 0.29) is 12.4 Å². The fourth-order valence-corrected chi connectivity index (χ4v) is 4.55. The van der Waals surface area contributed by atoms with Crippen LogP contribution in [0.3, 0.4) is 0 Å². The lowest BCUT2D eigenvalue weighted by molar-refractivity contribution is -0.193. The second-order valence-corrected chi connectivity index (χ2v) is 7.41. The van der Waals surface area contributed by atoms with Gasteiger partial charge in [-0.2, -0.15) is 0 Å². The predicted molar refractivity (Wildman–Crippen MR) is 126 cm³/mol. The minimum absolute atomic E-state index is 0. The van der Waals surface area contributed by atoms with Gasteiger partial charge in [-0.1, -0.05) is 37.3 Å². The van der Waals surface area contributed by atoms with Crippen LogP contribution in [0, 0.1) is 5.41 Å². The second-order valence-electron chi connectivity index (χ2n) is 7.41. The number of esters is 1. The van der Waals surface area contributed by atoms with Crippen LogP contribution < -0.4 is 0 Å². The molecule has 0 bridgehead atoms. The Balaban J connectivity index is 0. The number of aliphatic hydroxyl groups is 1. The van der Waals surface area contributed by atoms with Gasteiger partial charge in [0.05, 0.1) is 12.7 Å². The molecule has 166 valence electrons. The van der Waals surface area contributed by atoms with Crippen molar-refractivity contribution in [1.29, 1.82) is 0 Å². The summed E-state index contributed by atoms with van der Waals surface area (Å²) in [4.78, 5) is 15.6. The average molecular weight is 426 g/mol. The molecule has 1 N–H and O–H groups in total. The average Bonchev–Trinajstić information content (AvgIpc) is 2.65. The van der Waals surface area contributed by atoms with E-state index in [9.17, 15) is 9.90 Å². The Bertz CT molecular complexity index is 560. The topological polar surface area (TPSA) is 49.8 Å². The summed E-state index contributed by atoms with van der Waals surface area (Å²) < 4.78 is 5.35. The summed E-state index contributed by atoms with van der Waals surface area (Å²) in [7, 11) is 1.38. The molecule has 0 rings (SSSR count). The van der Waals surface area contributed by atoms with Crippen molar-refractivity contribution in [2.45, 2.75) is 57.1 Å². The molecule has 0 aromatic heterocycles. The fraction of sp³-hybridized carbons (Fsp3) is 0.542. The molecule has 0 saturated heterocycles. The van der Waals surface area contributed by atoms with Crippen molar-refractivity contribution in [1.82, 2.24) is 4.90 Å². The summed E-state index contributed by atoms with van der Waals surface area (Å²) in [6.45, 7) is 24.4. The van der Waals surface area contributed by atoms with Gasteiger partial charge in [-0.05, 0) is 45.6 Å². The van der Waals surface area contributed by atoms with Crippen LogP contribution in [-0.2, 0) is 9.53 Å². The Morgan fingerprint density at radius 2 is 1.45 bits per heavy atom. The zero-order valence-electron chi connectivity index (χ0n) is 18.5. The molecule has 0 fully saturated rings. The Kier molecular flexibility index (Phi) is 13.8. The molecule has 5 heteroatoms. The molecule has 2 atom stereocenters. The summed E-state index contributed by atoms with van der Waals surface area (Å²) in [5, 5.41) is 11.7. The third kappa shape index (κ3) is 5.71. The Morgan fingerprint density at radius 1 is 0.966 bits per heavy atom. The van der Waals surface area contributed by atoms with E-state index in [1.54, 1.807) is 37.3 Å². The smallest absolute Gasteiger partial charge is 0.327 e. The maximum Gasteiger partial charge on any atom is 0.327 e. The summed E-state index contributed by atoms with van der Waals surface area (Å²) in [5.74, 6) is -0.407. The zero-order chi connectivity index (χ0) is 21.8. The highest BCUT2D eigenvalue weighted by atomic mass is 35.5. The zero-order valence-corrected chi connectivity index (χ0v) is 19.3. The predicted octanol–water partition coefficient (Wildman–Crippen LogP) is 5.26. The van der Waals surface area contributed by atoms with E-state index in [0.29, 0.717) is 38.8 Å². The number of allylic oxidation sites excluding steroid dienone is 2. The first-order chi connectivity index (χ1) is 13.2. The molecular formula is C24H40ClNO3. The minimum atomic E-state index is -1.28. The number of methoxy groups -OCH3 is 1. The van der Waals surface area contributed by atoms with Crippen LogP contribution in [0.25, 0.3) is 0 Å². The lowest BCUT2D eigenvalue weighted by atomic mass is 9.53. The van der Waals surface area contributed by atoms with Gasteiger partial charge in [0, 0.05) is 12.0 Å². The third-order valence-electron chi connectivity index (χ3n) is 5.70. The first kappa shape index (κ1) is 29.6. The van der Waals surface area contributed by atoms with E-state index in [1.807, 2.05) is 0 Å². The maximum absolute atomic E-state index is 13.5. The van der Waals surface area contributed by atoms with Crippen molar-refractivity contribution < 1.29 is 14.6 Å². The molecule has 0 aromatic rings. The van der Waals surface area contributed by atoms with Gasteiger partial charge in [0.2, 0.25) is 0 Å². The number of carbonyl (C=O) groups is 1. The highest BCUT2D eigenvalue weighted by molar-refractivity contribution is 5.85. The Hall–Kier alpha value is -1.62. The largest absolute Gasteiger partial charge is 0.468 e. The highest BCUT2D eigenvalue weighted by Gasteiger charge is 2.65. The maximum atomic E-state index is 13.5. The number of hydrogen-bond acceptors (Lipinski definition) is 4. The summed E-state index contributed by atoms with van der Waals surface area (Å²) in [6, 6.07) is 0. The molecule has 0 aliphatic carbocycles. The number of halogens is 1. The van der Waals surface area contributed by atoms with E-state index < -0.39 is 22.5 Å². The summed E-state index contributed by atoms with van der Waals surface area (Å²) in [6.07, 6.45) is 10.9. The second kappa shape index (κ2) is 13.6. The van der Waals surface area contributed by atoms with Crippen molar-refractivity contribution in [2.24, 2.45) is 5.41 Å². The SMILES string of the molecule is C=CCN(CCC)[C@](CC=C)(C(=O)OC)C(CC=C)(CC=C)C(C)(O)CC=C.Cl. The molecule has 0 radical (unpaired) electrons. The van der Waals surface area contributed by atoms with Gasteiger partial charge in [0.1, 0.15) is 5.54 Å². The number of rotatable bonds is 16.